The minimum Gasteiger partial charge on any atom is -0.300 e. The van der Waals surface area contributed by atoms with Gasteiger partial charge in [-0.2, -0.15) is 0 Å². The van der Waals surface area contributed by atoms with Crippen LogP contribution in [-0.2, 0) is 11.2 Å². The maximum Gasteiger partial charge on any atom is 0.133 e. The number of carbonyl (C=O) groups excluding carboxylic acids is 1. The maximum absolute atomic E-state index is 11.5. The van der Waals surface area contributed by atoms with Crippen molar-refractivity contribution in [2.75, 3.05) is 5.33 Å². The number of Topliss-reactive ketones (excluding diaryl/α,β-unsaturated/α-hetero) is 1. The van der Waals surface area contributed by atoms with Crippen molar-refractivity contribution < 1.29 is 4.79 Å². The van der Waals surface area contributed by atoms with Crippen LogP contribution in [0, 0.1) is 0 Å². The molecule has 0 aliphatic heterocycles. The van der Waals surface area contributed by atoms with Gasteiger partial charge in [0.05, 0.1) is 10.0 Å². The summed E-state index contributed by atoms with van der Waals surface area (Å²) in [6.07, 6.45) is 2.72. The van der Waals surface area contributed by atoms with Crippen molar-refractivity contribution in [1.29, 1.82) is 0 Å². The molecule has 0 aliphatic carbocycles. The molecule has 0 radical (unpaired) electrons. The quantitative estimate of drug-likeness (QED) is 0.695. The summed E-state index contributed by atoms with van der Waals surface area (Å²) in [4.78, 5) is 11.5. The van der Waals surface area contributed by atoms with Crippen LogP contribution in [0.5, 0.6) is 0 Å². The summed E-state index contributed by atoms with van der Waals surface area (Å²) in [6.45, 7) is 0. The molecule has 1 nitrogen and oxygen atoms in total. The number of rotatable bonds is 6. The lowest BCUT2D eigenvalue weighted by molar-refractivity contribution is -0.119. The van der Waals surface area contributed by atoms with Crippen LogP contribution in [0.2, 0.25) is 10.0 Å². The van der Waals surface area contributed by atoms with E-state index in [2.05, 4.69) is 15.9 Å². The van der Waals surface area contributed by atoms with Gasteiger partial charge in [0, 0.05) is 18.2 Å². The molecule has 1 aromatic carbocycles. The predicted molar refractivity (Wildman–Crippen MR) is 72.8 cm³/mol. The van der Waals surface area contributed by atoms with Crippen LogP contribution in [0.1, 0.15) is 24.8 Å². The maximum atomic E-state index is 11.5. The van der Waals surface area contributed by atoms with Crippen LogP contribution >= 0.6 is 39.1 Å². The standard InChI is InChI=1S/C12H13BrCl2O/c13-8-2-4-10(16)7-6-9-3-1-5-11(14)12(9)15/h1,3,5H,2,4,6-8H2. The van der Waals surface area contributed by atoms with E-state index in [0.29, 0.717) is 29.3 Å². The topological polar surface area (TPSA) is 17.1 Å². The Morgan fingerprint density at radius 2 is 2.00 bits per heavy atom. The largest absolute Gasteiger partial charge is 0.300 e. The fourth-order valence-electron chi connectivity index (χ4n) is 1.40. The summed E-state index contributed by atoms with van der Waals surface area (Å²) in [6, 6.07) is 5.51. The molecule has 0 spiro atoms. The van der Waals surface area contributed by atoms with Crippen molar-refractivity contribution in [2.24, 2.45) is 0 Å². The van der Waals surface area contributed by atoms with Crippen molar-refractivity contribution in [2.45, 2.75) is 25.7 Å². The monoisotopic (exact) mass is 322 g/mol. The molecular weight excluding hydrogens is 311 g/mol. The molecule has 0 N–H and O–H groups in total. The van der Waals surface area contributed by atoms with Crippen LogP contribution in [-0.4, -0.2) is 11.1 Å². The Hall–Kier alpha value is -0.0500. The molecule has 0 aromatic heterocycles. The van der Waals surface area contributed by atoms with Gasteiger partial charge in [-0.25, -0.2) is 0 Å². The van der Waals surface area contributed by atoms with Crippen molar-refractivity contribution in [3.8, 4) is 0 Å². The van der Waals surface area contributed by atoms with E-state index in [-0.39, 0.29) is 5.78 Å². The fourth-order valence-corrected chi connectivity index (χ4v) is 2.10. The zero-order valence-electron chi connectivity index (χ0n) is 8.81. The van der Waals surface area contributed by atoms with Crippen molar-refractivity contribution in [3.05, 3.63) is 33.8 Å². The smallest absolute Gasteiger partial charge is 0.133 e. The van der Waals surface area contributed by atoms with E-state index in [1.807, 2.05) is 12.1 Å². The Bertz CT molecular complexity index is 366. The number of benzene rings is 1. The zero-order valence-corrected chi connectivity index (χ0v) is 11.9. The van der Waals surface area contributed by atoms with E-state index >= 15 is 0 Å². The van der Waals surface area contributed by atoms with Gasteiger partial charge >= 0.3 is 0 Å². The van der Waals surface area contributed by atoms with Gasteiger partial charge in [0.15, 0.2) is 0 Å². The van der Waals surface area contributed by atoms with Crippen molar-refractivity contribution in [1.82, 2.24) is 0 Å². The molecule has 0 saturated heterocycles. The van der Waals surface area contributed by atoms with Crippen LogP contribution in [0.3, 0.4) is 0 Å². The van der Waals surface area contributed by atoms with E-state index in [1.165, 1.54) is 0 Å². The Morgan fingerprint density at radius 3 is 2.69 bits per heavy atom. The molecule has 1 aromatic rings. The van der Waals surface area contributed by atoms with E-state index in [0.717, 1.165) is 17.3 Å². The number of aryl methyl sites for hydroxylation is 1. The average molecular weight is 324 g/mol. The molecular formula is C12H13BrCl2O. The van der Waals surface area contributed by atoms with E-state index in [4.69, 9.17) is 23.2 Å². The molecule has 0 unspecified atom stereocenters. The minimum atomic E-state index is 0.274. The van der Waals surface area contributed by atoms with Gasteiger partial charge < -0.3 is 0 Å². The van der Waals surface area contributed by atoms with E-state index in [1.54, 1.807) is 6.07 Å². The SMILES string of the molecule is O=C(CCCBr)CCc1cccc(Cl)c1Cl. The van der Waals surface area contributed by atoms with Gasteiger partial charge in [0.25, 0.3) is 0 Å². The van der Waals surface area contributed by atoms with Gasteiger partial charge in [-0.1, -0.05) is 51.3 Å². The molecule has 0 amide bonds. The highest BCUT2D eigenvalue weighted by Gasteiger charge is 2.07. The number of halogens is 3. The molecule has 0 heterocycles. The summed E-state index contributed by atoms with van der Waals surface area (Å²) < 4.78 is 0. The first-order valence-corrected chi connectivity index (χ1v) is 7.03. The van der Waals surface area contributed by atoms with Crippen LogP contribution in [0.25, 0.3) is 0 Å². The third-order valence-corrected chi connectivity index (χ3v) is 3.71. The second-order valence-corrected chi connectivity index (χ2v) is 5.12. The first-order valence-electron chi connectivity index (χ1n) is 5.15. The van der Waals surface area contributed by atoms with Crippen molar-refractivity contribution >= 4 is 44.9 Å². The van der Waals surface area contributed by atoms with Gasteiger partial charge in [-0.3, -0.25) is 4.79 Å². The first-order chi connectivity index (χ1) is 7.65. The molecule has 0 atom stereocenters. The average Bonchev–Trinajstić information content (AvgIpc) is 2.28. The van der Waals surface area contributed by atoms with Gasteiger partial charge in [0.2, 0.25) is 0 Å². The zero-order chi connectivity index (χ0) is 12.0. The van der Waals surface area contributed by atoms with Gasteiger partial charge in [-0.15, -0.1) is 0 Å². The van der Waals surface area contributed by atoms with E-state index in [9.17, 15) is 4.79 Å². The predicted octanol–water partition coefficient (Wildman–Crippen LogP) is 4.67. The highest BCUT2D eigenvalue weighted by Crippen LogP contribution is 2.26. The Morgan fingerprint density at radius 1 is 1.25 bits per heavy atom. The Balaban J connectivity index is 2.48. The fraction of sp³-hybridized carbons (Fsp3) is 0.417. The Kier molecular flexibility index (Phi) is 6.40. The minimum absolute atomic E-state index is 0.274. The molecule has 1 rings (SSSR count). The number of carbonyl (C=O) groups is 1. The normalized spacial score (nSPS) is 10.4. The number of hydrogen-bond acceptors (Lipinski definition) is 1. The highest BCUT2D eigenvalue weighted by atomic mass is 79.9. The number of alkyl halides is 1. The van der Waals surface area contributed by atoms with E-state index < -0.39 is 0 Å². The van der Waals surface area contributed by atoms with Crippen LogP contribution < -0.4 is 0 Å². The van der Waals surface area contributed by atoms with Crippen LogP contribution in [0.4, 0.5) is 0 Å². The van der Waals surface area contributed by atoms with Crippen molar-refractivity contribution in [3.63, 3.8) is 0 Å². The number of ketones is 1. The third-order valence-electron chi connectivity index (χ3n) is 2.29. The van der Waals surface area contributed by atoms with Gasteiger partial charge in [-0.05, 0) is 24.5 Å². The highest BCUT2D eigenvalue weighted by molar-refractivity contribution is 9.09. The summed E-state index contributed by atoms with van der Waals surface area (Å²) in [5.41, 5.74) is 0.946. The number of hydrogen-bond donors (Lipinski definition) is 0. The summed E-state index contributed by atoms with van der Waals surface area (Å²) in [5.74, 6) is 0.274. The molecule has 88 valence electrons. The molecule has 4 heteroatoms. The molecule has 0 saturated carbocycles. The second-order valence-electron chi connectivity index (χ2n) is 3.54. The summed E-state index contributed by atoms with van der Waals surface area (Å²) in [7, 11) is 0. The second kappa shape index (κ2) is 7.31. The lowest BCUT2D eigenvalue weighted by Gasteiger charge is -2.04. The van der Waals surface area contributed by atoms with Crippen LogP contribution in [0.15, 0.2) is 18.2 Å². The van der Waals surface area contributed by atoms with Gasteiger partial charge in [0.1, 0.15) is 5.78 Å². The Labute approximate surface area is 114 Å². The lowest BCUT2D eigenvalue weighted by atomic mass is 10.1. The molecule has 0 fully saturated rings. The lowest BCUT2D eigenvalue weighted by Crippen LogP contribution is -2.00. The summed E-state index contributed by atoms with van der Waals surface area (Å²) >= 11 is 15.2. The first kappa shape index (κ1) is 14.0. The third kappa shape index (κ3) is 4.44. The molecule has 0 bridgehead atoms. The summed E-state index contributed by atoms with van der Waals surface area (Å²) in [5, 5.41) is 1.99. The molecule has 16 heavy (non-hydrogen) atoms. The molecule has 0 aliphatic rings.